The summed E-state index contributed by atoms with van der Waals surface area (Å²) in [4.78, 5) is 5.21. The van der Waals surface area contributed by atoms with Gasteiger partial charge in [0, 0.05) is 31.2 Å². The minimum atomic E-state index is -1.54. The van der Waals surface area contributed by atoms with Crippen molar-refractivity contribution in [3.05, 3.63) is 29.3 Å². The molecular weight excluding hydrogens is 436 g/mol. The minimum absolute atomic E-state index is 0.351. The highest BCUT2D eigenvalue weighted by Gasteiger charge is 2.30. The van der Waals surface area contributed by atoms with Gasteiger partial charge in [-0.2, -0.15) is 0 Å². The molecule has 182 valence electrons. The number of halogens is 1. The Labute approximate surface area is 202 Å². The maximum absolute atomic E-state index is 6.21. The first-order chi connectivity index (χ1) is 15.2. The van der Waals surface area contributed by atoms with Crippen LogP contribution in [-0.2, 0) is 9.47 Å². The Morgan fingerprint density at radius 3 is 1.69 bits per heavy atom. The molecule has 0 aromatic heterocycles. The highest BCUT2D eigenvalue weighted by atomic mass is 35.5. The van der Waals surface area contributed by atoms with Crippen molar-refractivity contribution >= 4 is 24.9 Å². The third-order valence-corrected chi connectivity index (χ3v) is 12.1. The fourth-order valence-electron chi connectivity index (χ4n) is 5.74. The van der Waals surface area contributed by atoms with Crippen molar-refractivity contribution in [1.82, 2.24) is 9.80 Å². The third kappa shape index (κ3) is 8.10. The lowest BCUT2D eigenvalue weighted by atomic mass is 10.2. The van der Waals surface area contributed by atoms with Crippen LogP contribution in [0.4, 0.5) is 0 Å². The first-order valence-corrected chi connectivity index (χ1v) is 16.0. The highest BCUT2D eigenvalue weighted by Crippen LogP contribution is 2.24. The minimum Gasteiger partial charge on any atom is -0.373 e. The van der Waals surface area contributed by atoms with Crippen molar-refractivity contribution in [1.29, 1.82) is 0 Å². The normalized spacial score (nSPS) is 29.7. The smallest absolute Gasteiger partial charge is 0.0837 e. The standard InChI is InChI=1S/C26H45ClN2O2Si/c1-21-17-28(18-22(2)30-21)13-6-7-15-32(5,26-11-9-25(27)10-12-26)16-8-14-29-19-23(3)31-24(4)20-29/h9-12,21-24H,6-8,13-20H2,1-5H3. The summed E-state index contributed by atoms with van der Waals surface area (Å²) < 4.78 is 11.8. The second-order valence-electron chi connectivity index (χ2n) is 10.7. The van der Waals surface area contributed by atoms with Gasteiger partial charge in [-0.3, -0.25) is 9.80 Å². The Balaban J connectivity index is 1.52. The molecule has 0 spiro atoms. The molecule has 2 aliphatic rings. The van der Waals surface area contributed by atoms with E-state index in [1.165, 1.54) is 44.4 Å². The summed E-state index contributed by atoms with van der Waals surface area (Å²) >= 11 is 6.21. The molecule has 0 saturated carbocycles. The van der Waals surface area contributed by atoms with Crippen LogP contribution >= 0.6 is 11.6 Å². The Morgan fingerprint density at radius 1 is 0.750 bits per heavy atom. The number of hydrogen-bond acceptors (Lipinski definition) is 4. The Bertz CT molecular complexity index is 671. The van der Waals surface area contributed by atoms with Crippen LogP contribution in [0.25, 0.3) is 0 Å². The average Bonchev–Trinajstić information content (AvgIpc) is 2.70. The molecule has 32 heavy (non-hydrogen) atoms. The summed E-state index contributed by atoms with van der Waals surface area (Å²) in [5.74, 6) is 0. The van der Waals surface area contributed by atoms with Crippen LogP contribution in [0, 0.1) is 0 Å². The summed E-state index contributed by atoms with van der Waals surface area (Å²) in [6.07, 6.45) is 5.30. The van der Waals surface area contributed by atoms with Gasteiger partial charge in [-0.1, -0.05) is 54.0 Å². The van der Waals surface area contributed by atoms with E-state index in [1.807, 2.05) is 0 Å². The zero-order valence-electron chi connectivity index (χ0n) is 21.0. The van der Waals surface area contributed by atoms with E-state index in [9.17, 15) is 0 Å². The summed E-state index contributed by atoms with van der Waals surface area (Å²) in [5, 5.41) is 2.41. The van der Waals surface area contributed by atoms with Gasteiger partial charge in [-0.15, -0.1) is 0 Å². The van der Waals surface area contributed by atoms with E-state index >= 15 is 0 Å². The lowest BCUT2D eigenvalue weighted by Gasteiger charge is -2.36. The fraction of sp³-hybridized carbons (Fsp3) is 0.769. The maximum Gasteiger partial charge on any atom is 0.0837 e. The number of unbranched alkanes of at least 4 members (excludes halogenated alkanes) is 1. The molecule has 0 bridgehead atoms. The third-order valence-electron chi connectivity index (χ3n) is 7.19. The lowest BCUT2D eigenvalue weighted by molar-refractivity contribution is -0.0682. The van der Waals surface area contributed by atoms with Crippen molar-refractivity contribution in [2.45, 2.75) is 90.0 Å². The van der Waals surface area contributed by atoms with Crippen LogP contribution in [0.3, 0.4) is 0 Å². The van der Waals surface area contributed by atoms with Crippen LogP contribution in [0.2, 0.25) is 23.7 Å². The number of ether oxygens (including phenoxy) is 2. The lowest BCUT2D eigenvalue weighted by Crippen LogP contribution is -2.48. The summed E-state index contributed by atoms with van der Waals surface area (Å²) in [6, 6.07) is 11.5. The molecule has 1 aromatic rings. The molecule has 5 atom stereocenters. The van der Waals surface area contributed by atoms with Gasteiger partial charge in [-0.25, -0.2) is 0 Å². The Kier molecular flexibility index (Phi) is 10.1. The number of morpholine rings is 2. The van der Waals surface area contributed by atoms with Gasteiger partial charge >= 0.3 is 0 Å². The Morgan fingerprint density at radius 2 is 1.19 bits per heavy atom. The first kappa shape index (κ1) is 26.2. The van der Waals surface area contributed by atoms with Crippen molar-refractivity contribution in [2.75, 3.05) is 39.3 Å². The van der Waals surface area contributed by atoms with Crippen molar-refractivity contribution in [3.8, 4) is 0 Å². The SMILES string of the molecule is CC1CN(CCCC[Si](C)(CCCN2CC(C)OC(C)C2)c2ccc(Cl)cc2)CC(C)O1. The average molecular weight is 481 g/mol. The van der Waals surface area contributed by atoms with Gasteiger partial charge in [0.25, 0.3) is 0 Å². The molecule has 0 amide bonds. The quantitative estimate of drug-likeness (QED) is 0.347. The fourth-order valence-corrected chi connectivity index (χ4v) is 9.64. The molecule has 4 nitrogen and oxygen atoms in total. The molecule has 2 saturated heterocycles. The molecule has 2 heterocycles. The van der Waals surface area contributed by atoms with Gasteiger partial charge in [0.2, 0.25) is 0 Å². The molecule has 5 unspecified atom stereocenters. The number of hydrogen-bond donors (Lipinski definition) is 0. The molecule has 1 aromatic carbocycles. The van der Waals surface area contributed by atoms with E-state index < -0.39 is 8.07 Å². The molecule has 0 radical (unpaired) electrons. The molecular formula is C26H45ClN2O2Si. The second kappa shape index (κ2) is 12.3. The van der Waals surface area contributed by atoms with Crippen molar-refractivity contribution in [3.63, 3.8) is 0 Å². The highest BCUT2D eigenvalue weighted by molar-refractivity contribution is 6.90. The second-order valence-corrected chi connectivity index (χ2v) is 15.8. The molecule has 6 heteroatoms. The Hall–Kier alpha value is -0.433. The van der Waals surface area contributed by atoms with E-state index in [4.69, 9.17) is 21.1 Å². The number of benzene rings is 1. The molecule has 2 aliphatic heterocycles. The van der Waals surface area contributed by atoms with E-state index in [1.54, 1.807) is 5.19 Å². The number of rotatable bonds is 10. The summed E-state index contributed by atoms with van der Waals surface area (Å²) in [5.41, 5.74) is 0. The van der Waals surface area contributed by atoms with Crippen LogP contribution < -0.4 is 5.19 Å². The largest absolute Gasteiger partial charge is 0.373 e. The van der Waals surface area contributed by atoms with Gasteiger partial charge in [0.15, 0.2) is 0 Å². The van der Waals surface area contributed by atoms with Gasteiger partial charge < -0.3 is 9.47 Å². The van der Waals surface area contributed by atoms with E-state index in [2.05, 4.69) is 68.3 Å². The first-order valence-electron chi connectivity index (χ1n) is 12.8. The van der Waals surface area contributed by atoms with Crippen LogP contribution in [-0.4, -0.2) is 81.6 Å². The van der Waals surface area contributed by atoms with Crippen LogP contribution in [0.15, 0.2) is 24.3 Å². The molecule has 0 aliphatic carbocycles. The summed E-state index contributed by atoms with van der Waals surface area (Å²) in [6.45, 7) is 18.1. The van der Waals surface area contributed by atoms with E-state index in [0.29, 0.717) is 24.4 Å². The predicted octanol–water partition coefficient (Wildman–Crippen LogP) is 5.01. The topological polar surface area (TPSA) is 24.9 Å². The molecule has 2 fully saturated rings. The van der Waals surface area contributed by atoms with Crippen LogP contribution in [0.1, 0.15) is 47.0 Å². The number of nitrogens with zero attached hydrogens (tertiary/aromatic N) is 2. The zero-order chi connectivity index (χ0) is 23.1. The monoisotopic (exact) mass is 480 g/mol. The molecule has 0 N–H and O–H groups in total. The maximum atomic E-state index is 6.21. The van der Waals surface area contributed by atoms with Gasteiger partial charge in [0.1, 0.15) is 0 Å². The van der Waals surface area contributed by atoms with Crippen molar-refractivity contribution < 1.29 is 9.47 Å². The zero-order valence-corrected chi connectivity index (χ0v) is 22.7. The van der Waals surface area contributed by atoms with E-state index in [0.717, 1.165) is 31.2 Å². The molecule has 3 rings (SSSR count). The van der Waals surface area contributed by atoms with Crippen molar-refractivity contribution in [2.24, 2.45) is 0 Å². The van der Waals surface area contributed by atoms with E-state index in [-0.39, 0.29) is 0 Å². The summed E-state index contributed by atoms with van der Waals surface area (Å²) in [7, 11) is -1.54. The van der Waals surface area contributed by atoms with Crippen LogP contribution in [0.5, 0.6) is 0 Å². The van der Waals surface area contributed by atoms with Gasteiger partial charge in [0.05, 0.1) is 32.5 Å². The predicted molar refractivity (Wildman–Crippen MR) is 139 cm³/mol. The van der Waals surface area contributed by atoms with Gasteiger partial charge in [-0.05, 0) is 65.8 Å².